The van der Waals surface area contributed by atoms with Gasteiger partial charge in [-0.2, -0.15) is 0 Å². The first-order valence-corrected chi connectivity index (χ1v) is 6.54. The Labute approximate surface area is 103 Å². The van der Waals surface area contributed by atoms with E-state index in [1.54, 1.807) is 14.2 Å². The Hall–Kier alpha value is -0.160. The first-order chi connectivity index (χ1) is 8.04. The molecule has 0 heterocycles. The van der Waals surface area contributed by atoms with E-state index in [0.717, 1.165) is 25.7 Å². The van der Waals surface area contributed by atoms with Crippen LogP contribution in [0.2, 0.25) is 0 Å². The standard InChI is InChI=1S/C13H25NO3/c1-13(12(16-2)17-3)7-6-10(15)11-8(13)4-5-9(11)14/h8-12,15H,4-7,14H2,1-3H3/t8-,9+,10-,11-,13+/m0/s1. The molecule has 0 spiro atoms. The third-order valence-electron chi connectivity index (χ3n) is 5.01. The fourth-order valence-corrected chi connectivity index (χ4v) is 4.14. The summed E-state index contributed by atoms with van der Waals surface area (Å²) in [7, 11) is 3.38. The van der Waals surface area contributed by atoms with E-state index in [-0.39, 0.29) is 29.8 Å². The van der Waals surface area contributed by atoms with Crippen LogP contribution in [-0.2, 0) is 9.47 Å². The molecule has 0 saturated heterocycles. The molecule has 0 unspecified atom stereocenters. The average Bonchev–Trinajstić information content (AvgIpc) is 2.70. The van der Waals surface area contributed by atoms with Gasteiger partial charge in [0, 0.05) is 31.6 Å². The third kappa shape index (κ3) is 2.01. The van der Waals surface area contributed by atoms with Crippen LogP contribution in [0.5, 0.6) is 0 Å². The lowest BCUT2D eigenvalue weighted by Gasteiger charge is -2.49. The lowest BCUT2D eigenvalue weighted by atomic mass is 9.62. The van der Waals surface area contributed by atoms with Crippen molar-refractivity contribution in [2.75, 3.05) is 14.2 Å². The van der Waals surface area contributed by atoms with Crippen LogP contribution in [-0.4, -0.2) is 37.8 Å². The van der Waals surface area contributed by atoms with E-state index in [1.807, 2.05) is 0 Å². The molecule has 0 bridgehead atoms. The lowest BCUT2D eigenvalue weighted by Crippen LogP contribution is -2.52. The van der Waals surface area contributed by atoms with E-state index < -0.39 is 0 Å². The smallest absolute Gasteiger partial charge is 0.162 e. The normalized spacial score (nSPS) is 46.2. The summed E-state index contributed by atoms with van der Waals surface area (Å²) in [6.07, 6.45) is 3.36. The maximum atomic E-state index is 10.1. The number of hydrogen-bond acceptors (Lipinski definition) is 4. The van der Waals surface area contributed by atoms with Gasteiger partial charge in [0.1, 0.15) is 0 Å². The number of rotatable bonds is 3. The van der Waals surface area contributed by atoms with Gasteiger partial charge in [0.15, 0.2) is 6.29 Å². The van der Waals surface area contributed by atoms with E-state index in [9.17, 15) is 5.11 Å². The number of methoxy groups -OCH3 is 2. The number of ether oxygens (including phenoxy) is 2. The monoisotopic (exact) mass is 243 g/mol. The second kappa shape index (κ2) is 4.84. The first-order valence-electron chi connectivity index (χ1n) is 6.54. The summed E-state index contributed by atoms with van der Waals surface area (Å²) in [5, 5.41) is 10.1. The maximum absolute atomic E-state index is 10.1. The molecule has 0 aromatic heterocycles. The summed E-state index contributed by atoms with van der Waals surface area (Å²) >= 11 is 0. The minimum Gasteiger partial charge on any atom is -0.393 e. The predicted octanol–water partition coefficient (Wildman–Crippen LogP) is 1.12. The van der Waals surface area contributed by atoms with Crippen molar-refractivity contribution in [1.82, 2.24) is 0 Å². The molecule has 0 aliphatic heterocycles. The van der Waals surface area contributed by atoms with Gasteiger partial charge in [-0.15, -0.1) is 0 Å². The van der Waals surface area contributed by atoms with Crippen molar-refractivity contribution in [3.63, 3.8) is 0 Å². The summed E-state index contributed by atoms with van der Waals surface area (Å²) in [6.45, 7) is 2.21. The zero-order chi connectivity index (χ0) is 12.6. The first kappa shape index (κ1) is 13.3. The van der Waals surface area contributed by atoms with Crippen molar-refractivity contribution in [2.24, 2.45) is 23.0 Å². The molecule has 4 heteroatoms. The Morgan fingerprint density at radius 1 is 1.24 bits per heavy atom. The molecule has 0 radical (unpaired) electrons. The Kier molecular flexibility index (Phi) is 3.78. The third-order valence-corrected chi connectivity index (χ3v) is 5.01. The highest BCUT2D eigenvalue weighted by molar-refractivity contribution is 5.03. The largest absolute Gasteiger partial charge is 0.393 e. The molecule has 2 aliphatic rings. The topological polar surface area (TPSA) is 64.7 Å². The SMILES string of the molecule is COC(OC)[C@]1(C)CC[C@H](O)[C@@H]2[C@H](N)CC[C@@H]21. The van der Waals surface area contributed by atoms with Crippen LogP contribution < -0.4 is 5.73 Å². The average molecular weight is 243 g/mol. The van der Waals surface area contributed by atoms with E-state index in [4.69, 9.17) is 15.2 Å². The Bertz CT molecular complexity index is 269. The fourth-order valence-electron chi connectivity index (χ4n) is 4.14. The Morgan fingerprint density at radius 3 is 2.47 bits per heavy atom. The molecular weight excluding hydrogens is 218 g/mol. The van der Waals surface area contributed by atoms with Crippen LogP contribution in [0.15, 0.2) is 0 Å². The minimum absolute atomic E-state index is 0.0263. The highest BCUT2D eigenvalue weighted by atomic mass is 16.7. The number of fused-ring (bicyclic) bond motifs is 1. The van der Waals surface area contributed by atoms with Crippen molar-refractivity contribution in [3.8, 4) is 0 Å². The second-order valence-corrected chi connectivity index (χ2v) is 5.84. The molecular formula is C13H25NO3. The second-order valence-electron chi connectivity index (χ2n) is 5.84. The lowest BCUT2D eigenvalue weighted by molar-refractivity contribution is -0.214. The van der Waals surface area contributed by atoms with E-state index in [0.29, 0.717) is 5.92 Å². The van der Waals surface area contributed by atoms with E-state index >= 15 is 0 Å². The van der Waals surface area contributed by atoms with Crippen molar-refractivity contribution in [2.45, 2.75) is 51.0 Å². The summed E-state index contributed by atoms with van der Waals surface area (Å²) in [6, 6.07) is 0.129. The molecule has 2 rings (SSSR count). The number of aliphatic hydroxyl groups is 1. The van der Waals surface area contributed by atoms with Crippen LogP contribution in [0.1, 0.15) is 32.6 Å². The van der Waals surface area contributed by atoms with Crippen molar-refractivity contribution < 1.29 is 14.6 Å². The molecule has 0 aromatic carbocycles. The molecule has 3 N–H and O–H groups in total. The van der Waals surface area contributed by atoms with Gasteiger partial charge in [0.2, 0.25) is 0 Å². The molecule has 17 heavy (non-hydrogen) atoms. The molecule has 5 atom stereocenters. The van der Waals surface area contributed by atoms with E-state index in [1.165, 1.54) is 0 Å². The van der Waals surface area contributed by atoms with Crippen LogP contribution >= 0.6 is 0 Å². The van der Waals surface area contributed by atoms with Crippen LogP contribution in [0.3, 0.4) is 0 Å². The molecule has 0 aromatic rings. The van der Waals surface area contributed by atoms with Gasteiger partial charge in [-0.05, 0) is 31.6 Å². The molecule has 2 fully saturated rings. The fraction of sp³-hybridized carbons (Fsp3) is 1.00. The number of hydrogen-bond donors (Lipinski definition) is 2. The van der Waals surface area contributed by atoms with E-state index in [2.05, 4.69) is 6.92 Å². The van der Waals surface area contributed by atoms with Gasteiger partial charge in [-0.1, -0.05) is 6.92 Å². The van der Waals surface area contributed by atoms with Gasteiger partial charge in [-0.25, -0.2) is 0 Å². The minimum atomic E-state index is -0.250. The van der Waals surface area contributed by atoms with Gasteiger partial charge >= 0.3 is 0 Å². The van der Waals surface area contributed by atoms with Crippen molar-refractivity contribution in [3.05, 3.63) is 0 Å². The summed E-state index contributed by atoms with van der Waals surface area (Å²) in [5.41, 5.74) is 6.12. The zero-order valence-electron chi connectivity index (χ0n) is 11.1. The highest BCUT2D eigenvalue weighted by Gasteiger charge is 2.54. The molecule has 0 amide bonds. The molecule has 2 aliphatic carbocycles. The number of aliphatic hydroxyl groups excluding tert-OH is 1. The van der Waals surface area contributed by atoms with Crippen LogP contribution in [0.4, 0.5) is 0 Å². The van der Waals surface area contributed by atoms with Crippen molar-refractivity contribution >= 4 is 0 Å². The molecule has 2 saturated carbocycles. The van der Waals surface area contributed by atoms with Gasteiger partial charge < -0.3 is 20.3 Å². The quantitative estimate of drug-likeness (QED) is 0.729. The highest BCUT2D eigenvalue weighted by Crippen LogP contribution is 2.54. The zero-order valence-corrected chi connectivity index (χ0v) is 11.1. The van der Waals surface area contributed by atoms with Crippen LogP contribution in [0, 0.1) is 17.3 Å². The molecule has 4 nitrogen and oxygen atoms in total. The predicted molar refractivity (Wildman–Crippen MR) is 65.3 cm³/mol. The summed E-state index contributed by atoms with van der Waals surface area (Å²) < 4.78 is 11.0. The van der Waals surface area contributed by atoms with Crippen LogP contribution in [0.25, 0.3) is 0 Å². The number of nitrogens with two attached hydrogens (primary N) is 1. The summed E-state index contributed by atoms with van der Waals surface area (Å²) in [4.78, 5) is 0. The van der Waals surface area contributed by atoms with Gasteiger partial charge in [0.05, 0.1) is 6.10 Å². The maximum Gasteiger partial charge on any atom is 0.162 e. The Balaban J connectivity index is 2.24. The van der Waals surface area contributed by atoms with Gasteiger partial charge in [0.25, 0.3) is 0 Å². The summed E-state index contributed by atoms with van der Waals surface area (Å²) in [5.74, 6) is 0.618. The van der Waals surface area contributed by atoms with Gasteiger partial charge in [-0.3, -0.25) is 0 Å². The van der Waals surface area contributed by atoms with Crippen molar-refractivity contribution in [1.29, 1.82) is 0 Å². The Morgan fingerprint density at radius 2 is 1.88 bits per heavy atom. The molecule has 100 valence electrons.